The van der Waals surface area contributed by atoms with E-state index in [4.69, 9.17) is 15.6 Å². The van der Waals surface area contributed by atoms with Crippen LogP contribution in [0.1, 0.15) is 33.3 Å². The molecule has 0 aliphatic carbocycles. The lowest BCUT2D eigenvalue weighted by atomic mass is 9.87. The normalized spacial score (nSPS) is 14.9. The standard InChI is InChI=1S/C14H21NO3/c1-13(2,3)10-5-7-11(8-6-10)18-9-14(4,15)12(16)17/h5-8H,9,15H2,1-4H3,(H,16,17). The van der Waals surface area contributed by atoms with Crippen LogP contribution in [0.3, 0.4) is 0 Å². The van der Waals surface area contributed by atoms with Crippen LogP contribution in [0, 0.1) is 0 Å². The molecule has 1 unspecified atom stereocenters. The number of nitrogens with two attached hydrogens (primary N) is 1. The van der Waals surface area contributed by atoms with Gasteiger partial charge in [-0.15, -0.1) is 0 Å². The van der Waals surface area contributed by atoms with E-state index >= 15 is 0 Å². The van der Waals surface area contributed by atoms with Gasteiger partial charge in [-0.2, -0.15) is 0 Å². The molecule has 0 aromatic heterocycles. The zero-order valence-corrected chi connectivity index (χ0v) is 11.4. The molecular weight excluding hydrogens is 230 g/mol. The van der Waals surface area contributed by atoms with E-state index in [1.165, 1.54) is 12.5 Å². The first-order valence-corrected chi connectivity index (χ1v) is 5.88. The van der Waals surface area contributed by atoms with Gasteiger partial charge in [-0.1, -0.05) is 32.9 Å². The summed E-state index contributed by atoms with van der Waals surface area (Å²) in [5.74, 6) is -0.449. The molecule has 4 nitrogen and oxygen atoms in total. The fraction of sp³-hybridized carbons (Fsp3) is 0.500. The third kappa shape index (κ3) is 3.74. The minimum atomic E-state index is -1.37. The summed E-state index contributed by atoms with van der Waals surface area (Å²) >= 11 is 0. The van der Waals surface area contributed by atoms with Crippen LogP contribution >= 0.6 is 0 Å². The Morgan fingerprint density at radius 1 is 1.22 bits per heavy atom. The molecule has 0 heterocycles. The quantitative estimate of drug-likeness (QED) is 0.860. The number of rotatable bonds is 4. The lowest BCUT2D eigenvalue weighted by Gasteiger charge is -2.21. The van der Waals surface area contributed by atoms with E-state index in [0.29, 0.717) is 5.75 Å². The van der Waals surface area contributed by atoms with Crippen molar-refractivity contribution in [3.05, 3.63) is 29.8 Å². The molecule has 0 spiro atoms. The molecule has 0 aliphatic heterocycles. The van der Waals surface area contributed by atoms with E-state index in [1.54, 1.807) is 0 Å². The van der Waals surface area contributed by atoms with Gasteiger partial charge in [0.05, 0.1) is 0 Å². The number of benzene rings is 1. The fourth-order valence-electron chi connectivity index (χ4n) is 1.35. The van der Waals surface area contributed by atoms with E-state index in [9.17, 15) is 4.79 Å². The van der Waals surface area contributed by atoms with Gasteiger partial charge in [0.15, 0.2) is 0 Å². The smallest absolute Gasteiger partial charge is 0.326 e. The Kier molecular flexibility index (Phi) is 4.02. The Bertz CT molecular complexity index is 416. The van der Waals surface area contributed by atoms with Gasteiger partial charge in [-0.25, -0.2) is 0 Å². The molecule has 18 heavy (non-hydrogen) atoms. The molecule has 100 valence electrons. The fourth-order valence-corrected chi connectivity index (χ4v) is 1.35. The van der Waals surface area contributed by atoms with Crippen LogP contribution in [0.2, 0.25) is 0 Å². The molecule has 4 heteroatoms. The van der Waals surface area contributed by atoms with Crippen molar-refractivity contribution in [1.82, 2.24) is 0 Å². The number of carboxylic acids is 1. The predicted molar refractivity (Wildman–Crippen MR) is 70.9 cm³/mol. The van der Waals surface area contributed by atoms with E-state index < -0.39 is 11.5 Å². The molecular formula is C14H21NO3. The first kappa shape index (κ1) is 14.5. The van der Waals surface area contributed by atoms with E-state index in [-0.39, 0.29) is 12.0 Å². The van der Waals surface area contributed by atoms with Gasteiger partial charge >= 0.3 is 5.97 Å². The SMILES string of the molecule is CC(N)(COc1ccc(C(C)(C)C)cc1)C(=O)O. The van der Waals surface area contributed by atoms with Crippen molar-refractivity contribution in [2.24, 2.45) is 5.73 Å². The molecule has 0 fully saturated rings. The monoisotopic (exact) mass is 251 g/mol. The van der Waals surface area contributed by atoms with E-state index in [0.717, 1.165) is 0 Å². The number of hydrogen-bond acceptors (Lipinski definition) is 3. The Balaban J connectivity index is 2.68. The summed E-state index contributed by atoms with van der Waals surface area (Å²) in [5.41, 5.74) is 5.49. The summed E-state index contributed by atoms with van der Waals surface area (Å²) in [7, 11) is 0. The lowest BCUT2D eigenvalue weighted by molar-refractivity contribution is -0.143. The molecule has 1 rings (SSSR count). The molecule has 1 aromatic rings. The highest BCUT2D eigenvalue weighted by atomic mass is 16.5. The number of hydrogen-bond donors (Lipinski definition) is 2. The van der Waals surface area contributed by atoms with Gasteiger partial charge in [0.2, 0.25) is 0 Å². The highest BCUT2D eigenvalue weighted by molar-refractivity contribution is 5.78. The largest absolute Gasteiger partial charge is 0.491 e. The summed E-state index contributed by atoms with van der Waals surface area (Å²) in [6, 6.07) is 7.62. The second kappa shape index (κ2) is 4.98. The maximum atomic E-state index is 10.8. The van der Waals surface area contributed by atoms with Gasteiger partial charge in [-0.05, 0) is 30.0 Å². The second-order valence-electron chi connectivity index (χ2n) is 5.79. The van der Waals surface area contributed by atoms with Gasteiger partial charge in [0, 0.05) is 0 Å². The Morgan fingerprint density at radius 3 is 2.11 bits per heavy atom. The van der Waals surface area contributed by atoms with Crippen molar-refractivity contribution >= 4 is 5.97 Å². The molecule has 0 saturated heterocycles. The van der Waals surface area contributed by atoms with Crippen molar-refractivity contribution < 1.29 is 14.6 Å². The summed E-state index contributed by atoms with van der Waals surface area (Å²) in [4.78, 5) is 10.8. The zero-order chi connectivity index (χ0) is 14.0. The highest BCUT2D eigenvalue weighted by Crippen LogP contribution is 2.24. The topological polar surface area (TPSA) is 72.5 Å². The maximum Gasteiger partial charge on any atom is 0.326 e. The zero-order valence-electron chi connectivity index (χ0n) is 11.4. The molecule has 1 aromatic carbocycles. The van der Waals surface area contributed by atoms with Crippen LogP contribution in [0.5, 0.6) is 5.75 Å². The predicted octanol–water partition coefficient (Wildman–Crippen LogP) is 2.16. The van der Waals surface area contributed by atoms with Gasteiger partial charge < -0.3 is 15.6 Å². The van der Waals surface area contributed by atoms with E-state index in [2.05, 4.69) is 20.8 Å². The summed E-state index contributed by atoms with van der Waals surface area (Å²) < 4.78 is 5.39. The van der Waals surface area contributed by atoms with Gasteiger partial charge in [0.25, 0.3) is 0 Å². The third-order valence-corrected chi connectivity index (χ3v) is 2.75. The number of carbonyl (C=O) groups is 1. The Morgan fingerprint density at radius 2 is 1.72 bits per heavy atom. The average molecular weight is 251 g/mol. The number of aliphatic carboxylic acids is 1. The number of ether oxygens (including phenoxy) is 1. The van der Waals surface area contributed by atoms with Crippen molar-refractivity contribution in [2.45, 2.75) is 38.6 Å². The summed E-state index contributed by atoms with van der Waals surface area (Å²) in [5, 5.41) is 8.87. The third-order valence-electron chi connectivity index (χ3n) is 2.75. The minimum absolute atomic E-state index is 0.0583. The lowest BCUT2D eigenvalue weighted by Crippen LogP contribution is -2.49. The first-order valence-electron chi connectivity index (χ1n) is 5.88. The van der Waals surface area contributed by atoms with E-state index in [1.807, 2.05) is 24.3 Å². The molecule has 0 aliphatic rings. The van der Waals surface area contributed by atoms with Crippen LogP contribution in [0.4, 0.5) is 0 Å². The van der Waals surface area contributed by atoms with Crippen molar-refractivity contribution in [3.63, 3.8) is 0 Å². The molecule has 0 radical (unpaired) electrons. The Labute approximate surface area is 108 Å². The van der Waals surface area contributed by atoms with Crippen LogP contribution in [0.15, 0.2) is 24.3 Å². The summed E-state index contributed by atoms with van der Waals surface area (Å²) in [6.45, 7) is 7.76. The van der Waals surface area contributed by atoms with Crippen molar-refractivity contribution in [3.8, 4) is 5.75 Å². The van der Waals surface area contributed by atoms with Crippen molar-refractivity contribution in [2.75, 3.05) is 6.61 Å². The van der Waals surface area contributed by atoms with Crippen LogP contribution in [-0.4, -0.2) is 23.2 Å². The summed E-state index contributed by atoms with van der Waals surface area (Å²) in [6.07, 6.45) is 0. The first-order chi connectivity index (χ1) is 8.13. The molecule has 0 bridgehead atoms. The Hall–Kier alpha value is -1.55. The second-order valence-corrected chi connectivity index (χ2v) is 5.79. The van der Waals surface area contributed by atoms with Crippen LogP contribution in [0.25, 0.3) is 0 Å². The van der Waals surface area contributed by atoms with Crippen molar-refractivity contribution in [1.29, 1.82) is 0 Å². The molecule has 3 N–H and O–H groups in total. The van der Waals surface area contributed by atoms with Gasteiger partial charge in [0.1, 0.15) is 17.9 Å². The van der Waals surface area contributed by atoms with Crippen LogP contribution < -0.4 is 10.5 Å². The minimum Gasteiger partial charge on any atom is -0.491 e. The highest BCUT2D eigenvalue weighted by Gasteiger charge is 2.28. The van der Waals surface area contributed by atoms with Gasteiger partial charge in [-0.3, -0.25) is 4.79 Å². The number of carboxylic acid groups (broad SMARTS) is 1. The molecule has 1 atom stereocenters. The average Bonchev–Trinajstić information content (AvgIpc) is 2.25. The maximum absolute atomic E-state index is 10.8. The van der Waals surface area contributed by atoms with Crippen LogP contribution in [-0.2, 0) is 10.2 Å². The molecule has 0 amide bonds. The molecule has 0 saturated carbocycles.